The van der Waals surface area contributed by atoms with E-state index < -0.39 is 0 Å². The van der Waals surface area contributed by atoms with Crippen LogP contribution in [0.15, 0.2) is 36.7 Å². The summed E-state index contributed by atoms with van der Waals surface area (Å²) in [7, 11) is 1.52. The van der Waals surface area contributed by atoms with Gasteiger partial charge in [0, 0.05) is 17.3 Å². The molecule has 0 radical (unpaired) electrons. The second-order valence-corrected chi connectivity index (χ2v) is 6.10. The number of piperidine rings is 1. The fourth-order valence-corrected chi connectivity index (χ4v) is 2.83. The molecule has 1 aromatic heterocycles. The van der Waals surface area contributed by atoms with E-state index in [1.165, 1.54) is 19.5 Å². The van der Waals surface area contributed by atoms with Crippen LogP contribution in [0.3, 0.4) is 0 Å². The normalized spacial score (nSPS) is 17.0. The van der Waals surface area contributed by atoms with Crippen LogP contribution in [0.1, 0.15) is 12.8 Å². The van der Waals surface area contributed by atoms with Crippen molar-refractivity contribution in [2.24, 2.45) is 0 Å². The van der Waals surface area contributed by atoms with Gasteiger partial charge < -0.3 is 19.7 Å². The molecule has 0 bridgehead atoms. The zero-order valence-corrected chi connectivity index (χ0v) is 14.6. The van der Waals surface area contributed by atoms with Crippen molar-refractivity contribution in [3.63, 3.8) is 0 Å². The third kappa shape index (κ3) is 4.73. The highest BCUT2D eigenvalue weighted by Crippen LogP contribution is 2.20. The van der Waals surface area contributed by atoms with E-state index in [0.717, 1.165) is 12.8 Å². The summed E-state index contributed by atoms with van der Waals surface area (Å²) in [6.45, 7) is 1.15. The number of rotatable bonds is 4. The monoisotopic (exact) mass is 362 g/mol. The summed E-state index contributed by atoms with van der Waals surface area (Å²) >= 11 is 5.94. The molecule has 1 atom stereocenters. The lowest BCUT2D eigenvalue weighted by atomic mass is 10.1. The molecule has 2 aromatic rings. The molecule has 1 aromatic carbocycles. The minimum absolute atomic E-state index is 0.139. The van der Waals surface area contributed by atoms with Gasteiger partial charge in [0.1, 0.15) is 6.10 Å². The van der Waals surface area contributed by atoms with Crippen molar-refractivity contribution in [2.75, 3.05) is 25.5 Å². The van der Waals surface area contributed by atoms with Gasteiger partial charge in [0.2, 0.25) is 11.8 Å². The molecule has 132 valence electrons. The molecule has 2 heterocycles. The van der Waals surface area contributed by atoms with Crippen LogP contribution in [-0.2, 0) is 0 Å². The first-order chi connectivity index (χ1) is 12.1. The molecule has 3 rings (SSSR count). The Morgan fingerprint density at radius 2 is 2.20 bits per heavy atom. The number of likely N-dealkylation sites (tertiary alicyclic amines) is 1. The van der Waals surface area contributed by atoms with Crippen molar-refractivity contribution in [1.29, 1.82) is 0 Å². The van der Waals surface area contributed by atoms with Crippen molar-refractivity contribution < 1.29 is 14.3 Å². The van der Waals surface area contributed by atoms with E-state index in [1.807, 2.05) is 0 Å². The SMILES string of the molecule is COc1cncc(OC2CCCN(C(=O)Nc3cccc(Cl)c3)C2)n1. The van der Waals surface area contributed by atoms with E-state index in [1.54, 1.807) is 29.2 Å². The van der Waals surface area contributed by atoms with Crippen LogP contribution in [-0.4, -0.2) is 47.2 Å². The fourth-order valence-electron chi connectivity index (χ4n) is 2.64. The van der Waals surface area contributed by atoms with Gasteiger partial charge in [-0.15, -0.1) is 0 Å². The van der Waals surface area contributed by atoms with Gasteiger partial charge >= 0.3 is 6.03 Å². The highest BCUT2D eigenvalue weighted by atomic mass is 35.5. The minimum atomic E-state index is -0.174. The zero-order chi connectivity index (χ0) is 17.6. The fraction of sp³-hybridized carbons (Fsp3) is 0.353. The molecule has 0 aliphatic carbocycles. The molecule has 1 fully saturated rings. The van der Waals surface area contributed by atoms with Gasteiger partial charge in [-0.2, -0.15) is 4.98 Å². The van der Waals surface area contributed by atoms with Crippen LogP contribution in [0, 0.1) is 0 Å². The van der Waals surface area contributed by atoms with Crippen LogP contribution in [0.2, 0.25) is 5.02 Å². The lowest BCUT2D eigenvalue weighted by Gasteiger charge is -2.32. The predicted molar refractivity (Wildman–Crippen MR) is 94.3 cm³/mol. The molecule has 1 saturated heterocycles. The second-order valence-electron chi connectivity index (χ2n) is 5.67. The predicted octanol–water partition coefficient (Wildman–Crippen LogP) is 3.21. The highest BCUT2D eigenvalue weighted by Gasteiger charge is 2.25. The topological polar surface area (TPSA) is 76.6 Å². The summed E-state index contributed by atoms with van der Waals surface area (Å²) in [4.78, 5) is 22.4. The lowest BCUT2D eigenvalue weighted by molar-refractivity contribution is 0.101. The van der Waals surface area contributed by atoms with Crippen LogP contribution in [0.5, 0.6) is 11.8 Å². The van der Waals surface area contributed by atoms with Gasteiger partial charge in [0.15, 0.2) is 0 Å². The smallest absolute Gasteiger partial charge is 0.321 e. The third-order valence-corrected chi connectivity index (χ3v) is 4.06. The number of anilines is 1. The zero-order valence-electron chi connectivity index (χ0n) is 13.8. The van der Waals surface area contributed by atoms with Gasteiger partial charge in [-0.05, 0) is 31.0 Å². The molecular weight excluding hydrogens is 344 g/mol. The summed E-state index contributed by atoms with van der Waals surface area (Å²) in [5, 5.41) is 3.43. The van der Waals surface area contributed by atoms with Crippen LogP contribution in [0.4, 0.5) is 10.5 Å². The molecule has 8 heteroatoms. The van der Waals surface area contributed by atoms with E-state index >= 15 is 0 Å². The molecule has 0 spiro atoms. The Kier molecular flexibility index (Phi) is 5.55. The molecule has 2 amide bonds. The van der Waals surface area contributed by atoms with Crippen molar-refractivity contribution in [3.05, 3.63) is 41.7 Å². The minimum Gasteiger partial charge on any atom is -0.480 e. The maximum absolute atomic E-state index is 12.4. The van der Waals surface area contributed by atoms with Gasteiger partial charge in [0.05, 0.1) is 26.0 Å². The van der Waals surface area contributed by atoms with Crippen molar-refractivity contribution in [2.45, 2.75) is 18.9 Å². The number of urea groups is 1. The first-order valence-electron chi connectivity index (χ1n) is 7.98. The quantitative estimate of drug-likeness (QED) is 0.903. The number of hydrogen-bond acceptors (Lipinski definition) is 5. The van der Waals surface area contributed by atoms with Crippen molar-refractivity contribution in [1.82, 2.24) is 14.9 Å². The highest BCUT2D eigenvalue weighted by molar-refractivity contribution is 6.30. The van der Waals surface area contributed by atoms with Gasteiger partial charge in [-0.3, -0.25) is 4.98 Å². The maximum atomic E-state index is 12.4. The molecule has 25 heavy (non-hydrogen) atoms. The Balaban J connectivity index is 1.59. The van der Waals surface area contributed by atoms with Crippen molar-refractivity contribution in [3.8, 4) is 11.8 Å². The number of methoxy groups -OCH3 is 1. The number of benzene rings is 1. The van der Waals surface area contributed by atoms with E-state index in [9.17, 15) is 4.79 Å². The molecule has 7 nitrogen and oxygen atoms in total. The Labute approximate surface area is 150 Å². The second kappa shape index (κ2) is 8.02. The third-order valence-electron chi connectivity index (χ3n) is 3.83. The summed E-state index contributed by atoms with van der Waals surface area (Å²) < 4.78 is 10.9. The molecule has 0 saturated carbocycles. The maximum Gasteiger partial charge on any atom is 0.321 e. The molecule has 1 aliphatic rings. The number of hydrogen-bond donors (Lipinski definition) is 1. The lowest BCUT2D eigenvalue weighted by Crippen LogP contribution is -2.46. The van der Waals surface area contributed by atoms with E-state index in [0.29, 0.717) is 35.6 Å². The number of carbonyl (C=O) groups excluding carboxylic acids is 1. The summed E-state index contributed by atoms with van der Waals surface area (Å²) in [5.74, 6) is 0.783. The number of ether oxygens (including phenoxy) is 2. The Bertz CT molecular complexity index is 743. The number of halogens is 1. The van der Waals surface area contributed by atoms with Gasteiger partial charge in [0.25, 0.3) is 0 Å². The Morgan fingerprint density at radius 1 is 1.36 bits per heavy atom. The number of amides is 2. The number of nitrogens with zero attached hydrogens (tertiary/aromatic N) is 3. The molecule has 1 N–H and O–H groups in total. The van der Waals surface area contributed by atoms with Gasteiger partial charge in [-0.1, -0.05) is 17.7 Å². The average molecular weight is 363 g/mol. The molecular formula is C17H19ClN4O3. The van der Waals surface area contributed by atoms with Crippen LogP contribution in [0.25, 0.3) is 0 Å². The first kappa shape index (κ1) is 17.3. The molecule has 1 unspecified atom stereocenters. The summed E-state index contributed by atoms with van der Waals surface area (Å²) in [6.07, 6.45) is 4.61. The molecule has 1 aliphatic heterocycles. The van der Waals surface area contributed by atoms with E-state index in [4.69, 9.17) is 21.1 Å². The summed E-state index contributed by atoms with van der Waals surface area (Å²) in [5.41, 5.74) is 0.666. The van der Waals surface area contributed by atoms with Crippen LogP contribution >= 0.6 is 11.6 Å². The van der Waals surface area contributed by atoms with Gasteiger partial charge in [-0.25, -0.2) is 4.79 Å². The number of carbonyl (C=O) groups is 1. The Hall–Kier alpha value is -2.54. The first-order valence-corrected chi connectivity index (χ1v) is 8.36. The largest absolute Gasteiger partial charge is 0.480 e. The summed E-state index contributed by atoms with van der Waals surface area (Å²) in [6, 6.07) is 6.89. The number of nitrogens with one attached hydrogen (secondary N) is 1. The average Bonchev–Trinajstić information content (AvgIpc) is 2.62. The van der Waals surface area contributed by atoms with E-state index in [2.05, 4.69) is 15.3 Å². The van der Waals surface area contributed by atoms with Crippen molar-refractivity contribution >= 4 is 23.3 Å². The standard InChI is InChI=1S/C17H19ClN4O3/c1-24-15-9-19-10-16(21-15)25-14-6-3-7-22(11-14)17(23)20-13-5-2-4-12(18)8-13/h2,4-5,8-10,14H,3,6-7,11H2,1H3,(H,20,23). The Morgan fingerprint density at radius 3 is 3.00 bits per heavy atom. The van der Waals surface area contributed by atoms with Crippen LogP contribution < -0.4 is 14.8 Å². The number of aromatic nitrogens is 2. The van der Waals surface area contributed by atoms with E-state index in [-0.39, 0.29) is 12.1 Å².